The zero-order valence-corrected chi connectivity index (χ0v) is 10.5. The minimum atomic E-state index is -0.426. The van der Waals surface area contributed by atoms with E-state index < -0.39 is 6.10 Å². The molecule has 5 heteroatoms. The van der Waals surface area contributed by atoms with Gasteiger partial charge >= 0.3 is 0 Å². The minimum Gasteiger partial charge on any atom is -0.389 e. The summed E-state index contributed by atoms with van der Waals surface area (Å²) in [4.78, 5) is 5.16. The van der Waals surface area contributed by atoms with E-state index in [0.717, 1.165) is 26.0 Å². The van der Waals surface area contributed by atoms with E-state index in [4.69, 9.17) is 4.74 Å². The van der Waals surface area contributed by atoms with Crippen LogP contribution in [0.25, 0.3) is 0 Å². The van der Waals surface area contributed by atoms with E-state index in [1.54, 1.807) is 16.8 Å². The average molecular weight is 244 g/mol. The molecule has 1 atom stereocenters. The standard InChI is InChI=1S/C11H20N2O2S/c1-2-3-4-15-8-10(14)5-12-6-11-7-13-9-16-11/h7,9-10,12,14H,2-6,8H2,1H3. The normalized spacial score (nSPS) is 12.9. The van der Waals surface area contributed by atoms with Crippen molar-refractivity contribution in [3.8, 4) is 0 Å². The van der Waals surface area contributed by atoms with Crippen LogP contribution in [0.5, 0.6) is 0 Å². The van der Waals surface area contributed by atoms with Gasteiger partial charge in [-0.3, -0.25) is 4.98 Å². The van der Waals surface area contributed by atoms with Gasteiger partial charge in [0.15, 0.2) is 0 Å². The quantitative estimate of drug-likeness (QED) is 0.645. The summed E-state index contributed by atoms with van der Waals surface area (Å²) in [6.07, 6.45) is 3.59. The first-order chi connectivity index (χ1) is 7.83. The summed E-state index contributed by atoms with van der Waals surface area (Å²) in [6.45, 7) is 4.59. The maximum atomic E-state index is 9.58. The zero-order valence-electron chi connectivity index (χ0n) is 9.69. The van der Waals surface area contributed by atoms with Gasteiger partial charge in [0, 0.05) is 30.8 Å². The number of hydrogen-bond acceptors (Lipinski definition) is 5. The third-order valence-electron chi connectivity index (χ3n) is 2.12. The Hall–Kier alpha value is -0.490. The van der Waals surface area contributed by atoms with Gasteiger partial charge in [0.2, 0.25) is 0 Å². The topological polar surface area (TPSA) is 54.4 Å². The number of hydrogen-bond donors (Lipinski definition) is 2. The van der Waals surface area contributed by atoms with Crippen LogP contribution in [0.2, 0.25) is 0 Å². The summed E-state index contributed by atoms with van der Waals surface area (Å²) in [7, 11) is 0. The smallest absolute Gasteiger partial charge is 0.0897 e. The van der Waals surface area contributed by atoms with Crippen molar-refractivity contribution >= 4 is 11.3 Å². The Balaban J connectivity index is 1.95. The molecule has 0 aliphatic carbocycles. The second kappa shape index (κ2) is 8.64. The maximum Gasteiger partial charge on any atom is 0.0897 e. The van der Waals surface area contributed by atoms with Crippen molar-refractivity contribution in [3.63, 3.8) is 0 Å². The van der Waals surface area contributed by atoms with E-state index in [-0.39, 0.29) is 0 Å². The van der Waals surface area contributed by atoms with Crippen molar-refractivity contribution in [3.05, 3.63) is 16.6 Å². The Morgan fingerprint density at radius 2 is 2.50 bits per heavy atom. The Morgan fingerprint density at radius 1 is 1.62 bits per heavy atom. The number of aliphatic hydroxyl groups is 1. The van der Waals surface area contributed by atoms with Crippen LogP contribution in [0, 0.1) is 0 Å². The first kappa shape index (κ1) is 13.6. The van der Waals surface area contributed by atoms with Crippen LogP contribution in [-0.2, 0) is 11.3 Å². The minimum absolute atomic E-state index is 0.412. The Morgan fingerprint density at radius 3 is 3.19 bits per heavy atom. The fourth-order valence-electron chi connectivity index (χ4n) is 1.22. The first-order valence-electron chi connectivity index (χ1n) is 5.66. The van der Waals surface area contributed by atoms with Gasteiger partial charge in [0.05, 0.1) is 18.2 Å². The fourth-order valence-corrected chi connectivity index (χ4v) is 1.78. The summed E-state index contributed by atoms with van der Waals surface area (Å²) in [5.41, 5.74) is 1.81. The zero-order chi connectivity index (χ0) is 11.6. The third kappa shape index (κ3) is 6.17. The van der Waals surface area contributed by atoms with E-state index in [2.05, 4.69) is 17.2 Å². The molecule has 1 heterocycles. The summed E-state index contributed by atoms with van der Waals surface area (Å²) in [5, 5.41) is 12.7. The van der Waals surface area contributed by atoms with Crippen LogP contribution in [0.1, 0.15) is 24.6 Å². The van der Waals surface area contributed by atoms with Gasteiger partial charge in [0.25, 0.3) is 0 Å². The summed E-state index contributed by atoms with van der Waals surface area (Å²) >= 11 is 1.61. The highest BCUT2D eigenvalue weighted by Gasteiger charge is 2.03. The van der Waals surface area contributed by atoms with E-state index in [1.807, 2.05) is 6.20 Å². The van der Waals surface area contributed by atoms with E-state index in [1.165, 1.54) is 4.88 Å². The molecule has 92 valence electrons. The van der Waals surface area contributed by atoms with Crippen LogP contribution >= 0.6 is 11.3 Å². The third-order valence-corrected chi connectivity index (χ3v) is 2.89. The van der Waals surface area contributed by atoms with Gasteiger partial charge in [-0.25, -0.2) is 0 Å². The highest BCUT2D eigenvalue weighted by Crippen LogP contribution is 2.03. The van der Waals surface area contributed by atoms with E-state index >= 15 is 0 Å². The van der Waals surface area contributed by atoms with Crippen molar-refractivity contribution in [2.45, 2.75) is 32.4 Å². The molecular weight excluding hydrogens is 224 g/mol. The van der Waals surface area contributed by atoms with Crippen molar-refractivity contribution in [2.24, 2.45) is 0 Å². The molecule has 1 aromatic heterocycles. The second-order valence-electron chi connectivity index (χ2n) is 3.68. The molecule has 0 aliphatic rings. The molecule has 0 fully saturated rings. The predicted octanol–water partition coefficient (Wildman–Crippen LogP) is 1.41. The van der Waals surface area contributed by atoms with Crippen LogP contribution in [0.15, 0.2) is 11.7 Å². The van der Waals surface area contributed by atoms with Gasteiger partial charge in [-0.1, -0.05) is 13.3 Å². The number of nitrogens with one attached hydrogen (secondary N) is 1. The Kier molecular flexibility index (Phi) is 7.33. The molecule has 0 spiro atoms. The molecule has 0 radical (unpaired) electrons. The molecular formula is C11H20N2O2S. The van der Waals surface area contributed by atoms with E-state index in [9.17, 15) is 5.11 Å². The lowest BCUT2D eigenvalue weighted by atomic mass is 10.3. The molecule has 0 amide bonds. The lowest BCUT2D eigenvalue weighted by Crippen LogP contribution is -2.30. The SMILES string of the molecule is CCCCOCC(O)CNCc1cncs1. The molecule has 2 N–H and O–H groups in total. The van der Waals surface area contributed by atoms with Crippen LogP contribution in [-0.4, -0.2) is 36.0 Å². The summed E-state index contributed by atoms with van der Waals surface area (Å²) in [5.74, 6) is 0. The number of nitrogens with zero attached hydrogens (tertiary/aromatic N) is 1. The number of rotatable bonds is 9. The molecule has 1 rings (SSSR count). The molecule has 0 bridgehead atoms. The van der Waals surface area contributed by atoms with Crippen LogP contribution in [0.3, 0.4) is 0 Å². The fraction of sp³-hybridized carbons (Fsp3) is 0.727. The molecule has 16 heavy (non-hydrogen) atoms. The summed E-state index contributed by atoms with van der Waals surface area (Å²) < 4.78 is 5.32. The van der Waals surface area contributed by atoms with Crippen molar-refractivity contribution in [2.75, 3.05) is 19.8 Å². The van der Waals surface area contributed by atoms with Gasteiger partial charge in [0.1, 0.15) is 0 Å². The molecule has 1 aromatic rings. The molecule has 0 aromatic carbocycles. The predicted molar refractivity (Wildman–Crippen MR) is 65.6 cm³/mol. The largest absolute Gasteiger partial charge is 0.389 e. The summed E-state index contributed by atoms with van der Waals surface area (Å²) in [6, 6.07) is 0. The number of thiazole rings is 1. The highest BCUT2D eigenvalue weighted by molar-refractivity contribution is 7.09. The number of aromatic nitrogens is 1. The Bertz CT molecular complexity index is 254. The van der Waals surface area contributed by atoms with Crippen molar-refractivity contribution in [1.82, 2.24) is 10.3 Å². The van der Waals surface area contributed by atoms with Gasteiger partial charge < -0.3 is 15.2 Å². The molecule has 4 nitrogen and oxygen atoms in total. The highest BCUT2D eigenvalue weighted by atomic mass is 32.1. The van der Waals surface area contributed by atoms with Crippen molar-refractivity contribution < 1.29 is 9.84 Å². The van der Waals surface area contributed by atoms with E-state index in [0.29, 0.717) is 13.2 Å². The van der Waals surface area contributed by atoms with Gasteiger partial charge in [-0.2, -0.15) is 0 Å². The van der Waals surface area contributed by atoms with Gasteiger partial charge in [-0.15, -0.1) is 11.3 Å². The monoisotopic (exact) mass is 244 g/mol. The molecule has 0 aliphatic heterocycles. The average Bonchev–Trinajstić information content (AvgIpc) is 2.77. The first-order valence-corrected chi connectivity index (χ1v) is 6.54. The molecule has 1 unspecified atom stereocenters. The lowest BCUT2D eigenvalue weighted by Gasteiger charge is -2.11. The number of unbranched alkanes of at least 4 members (excludes halogenated alkanes) is 1. The van der Waals surface area contributed by atoms with Crippen LogP contribution < -0.4 is 5.32 Å². The Labute approximate surface area is 101 Å². The maximum absolute atomic E-state index is 9.58. The number of aliphatic hydroxyl groups excluding tert-OH is 1. The molecule has 0 saturated carbocycles. The number of ether oxygens (including phenoxy) is 1. The van der Waals surface area contributed by atoms with Crippen molar-refractivity contribution in [1.29, 1.82) is 0 Å². The second-order valence-corrected chi connectivity index (χ2v) is 4.65. The van der Waals surface area contributed by atoms with Gasteiger partial charge in [-0.05, 0) is 6.42 Å². The lowest BCUT2D eigenvalue weighted by molar-refractivity contribution is 0.0358. The van der Waals surface area contributed by atoms with Crippen LogP contribution in [0.4, 0.5) is 0 Å². The molecule has 0 saturated heterocycles.